The molecule has 3 fully saturated rings. The molecule has 2 atom stereocenters. The molecule has 1 aliphatic heterocycles. The van der Waals surface area contributed by atoms with E-state index in [1.165, 1.54) is 26.4 Å². The van der Waals surface area contributed by atoms with Gasteiger partial charge in [0.1, 0.15) is 5.60 Å². The molecule has 0 aromatic carbocycles. The van der Waals surface area contributed by atoms with E-state index < -0.39 is 5.60 Å². The van der Waals surface area contributed by atoms with Crippen LogP contribution < -0.4 is 0 Å². The van der Waals surface area contributed by atoms with Gasteiger partial charge in [0.15, 0.2) is 0 Å². The summed E-state index contributed by atoms with van der Waals surface area (Å²) in [6, 6.07) is -0.0400. The van der Waals surface area contributed by atoms with Crippen molar-refractivity contribution in [1.82, 2.24) is 4.90 Å². The maximum Gasteiger partial charge on any atom is 0.410 e. The fourth-order valence-electron chi connectivity index (χ4n) is 5.03. The summed E-state index contributed by atoms with van der Waals surface area (Å²) in [5, 5.41) is 0. The minimum Gasteiger partial charge on any atom is -0.469 e. The third-order valence-corrected chi connectivity index (χ3v) is 6.67. The van der Waals surface area contributed by atoms with Crippen LogP contribution in [0.2, 0.25) is 0 Å². The van der Waals surface area contributed by atoms with Crippen LogP contribution in [0.1, 0.15) is 85.0 Å². The Balaban J connectivity index is 1.53. The van der Waals surface area contributed by atoms with Crippen molar-refractivity contribution in [1.29, 1.82) is 0 Å². The van der Waals surface area contributed by atoms with Crippen LogP contribution in [0.25, 0.3) is 0 Å². The van der Waals surface area contributed by atoms with E-state index in [4.69, 9.17) is 18.9 Å². The maximum atomic E-state index is 12.9. The zero-order chi connectivity index (χ0) is 22.4. The molecule has 31 heavy (non-hydrogen) atoms. The average molecular weight is 440 g/mol. The number of ether oxygens (including phenoxy) is 4. The first-order valence-corrected chi connectivity index (χ1v) is 12.1. The molecule has 0 bridgehead atoms. The minimum atomic E-state index is -0.531. The predicted octanol–water partition coefficient (Wildman–Crippen LogP) is 4.46. The Labute approximate surface area is 187 Å². The van der Waals surface area contributed by atoms with E-state index in [0.29, 0.717) is 19.3 Å². The van der Waals surface area contributed by atoms with Crippen LogP contribution >= 0.6 is 0 Å². The van der Waals surface area contributed by atoms with Crippen molar-refractivity contribution in [2.45, 2.75) is 115 Å². The van der Waals surface area contributed by atoms with Crippen LogP contribution in [0.5, 0.6) is 0 Å². The number of methoxy groups -OCH3 is 1. The van der Waals surface area contributed by atoms with Crippen LogP contribution in [0.4, 0.5) is 4.79 Å². The summed E-state index contributed by atoms with van der Waals surface area (Å²) in [5.41, 5.74) is -0.531. The van der Waals surface area contributed by atoms with Crippen LogP contribution in [-0.2, 0) is 23.7 Å². The lowest BCUT2D eigenvalue weighted by Gasteiger charge is -2.31. The molecule has 178 valence electrons. The molecule has 0 radical (unpaired) electrons. The smallest absolute Gasteiger partial charge is 0.410 e. The Morgan fingerprint density at radius 1 is 0.903 bits per heavy atom. The molecule has 7 nitrogen and oxygen atoms in total. The van der Waals surface area contributed by atoms with Gasteiger partial charge in [-0.1, -0.05) is 19.3 Å². The molecule has 3 aliphatic rings. The number of hydrogen-bond acceptors (Lipinski definition) is 6. The van der Waals surface area contributed by atoms with Crippen molar-refractivity contribution in [3.05, 3.63) is 0 Å². The molecule has 0 unspecified atom stereocenters. The quantitative estimate of drug-likeness (QED) is 0.569. The zero-order valence-electron chi connectivity index (χ0n) is 19.8. The number of carbonyl (C=O) groups excluding carboxylic acids is 2. The summed E-state index contributed by atoms with van der Waals surface area (Å²) < 4.78 is 23.1. The average Bonchev–Trinajstić information content (AvgIpc) is 3.14. The van der Waals surface area contributed by atoms with Gasteiger partial charge in [-0.05, 0) is 65.7 Å². The lowest BCUT2D eigenvalue weighted by Crippen LogP contribution is -2.42. The van der Waals surface area contributed by atoms with Gasteiger partial charge < -0.3 is 23.8 Å². The van der Waals surface area contributed by atoms with E-state index in [0.717, 1.165) is 44.9 Å². The van der Waals surface area contributed by atoms with Crippen molar-refractivity contribution in [3.63, 3.8) is 0 Å². The molecule has 3 rings (SSSR count). The summed E-state index contributed by atoms with van der Waals surface area (Å²) in [4.78, 5) is 26.4. The van der Waals surface area contributed by atoms with Crippen molar-refractivity contribution in [2.24, 2.45) is 5.92 Å². The van der Waals surface area contributed by atoms with E-state index in [-0.39, 0.29) is 36.2 Å². The lowest BCUT2D eigenvalue weighted by molar-refractivity contribution is -0.147. The molecule has 7 heteroatoms. The fourth-order valence-corrected chi connectivity index (χ4v) is 5.03. The first kappa shape index (κ1) is 24.3. The molecule has 1 amide bonds. The molecule has 1 saturated heterocycles. The van der Waals surface area contributed by atoms with Gasteiger partial charge in [0.05, 0.1) is 50.5 Å². The zero-order valence-corrected chi connectivity index (χ0v) is 19.8. The van der Waals surface area contributed by atoms with Crippen LogP contribution in [0.3, 0.4) is 0 Å². The van der Waals surface area contributed by atoms with Gasteiger partial charge >= 0.3 is 12.1 Å². The largest absolute Gasteiger partial charge is 0.469 e. The van der Waals surface area contributed by atoms with E-state index in [2.05, 4.69) is 0 Å². The number of carbonyl (C=O) groups is 2. The van der Waals surface area contributed by atoms with Gasteiger partial charge in [0.2, 0.25) is 0 Å². The van der Waals surface area contributed by atoms with E-state index >= 15 is 0 Å². The van der Waals surface area contributed by atoms with Crippen molar-refractivity contribution < 1.29 is 28.5 Å². The minimum absolute atomic E-state index is 0.0112. The number of amides is 1. The molecular formula is C24H41NO6. The second-order valence-electron chi connectivity index (χ2n) is 10.4. The Morgan fingerprint density at radius 2 is 1.58 bits per heavy atom. The third-order valence-electron chi connectivity index (χ3n) is 6.67. The van der Waals surface area contributed by atoms with Crippen molar-refractivity contribution in [2.75, 3.05) is 20.3 Å². The second kappa shape index (κ2) is 11.0. The number of likely N-dealkylation sites (tertiary alicyclic amines) is 1. The van der Waals surface area contributed by atoms with E-state index in [1.807, 2.05) is 20.8 Å². The summed E-state index contributed by atoms with van der Waals surface area (Å²) in [6.45, 7) is 6.72. The SMILES string of the molecule is COC(=O)C1CCC(OC[C@@H]2C[C@H](OC3CCCCC3)CN2C(=O)OC(C)(C)C)CC1. The standard InChI is InChI=1S/C24H41NO6/c1-24(2,3)31-23(27)25-15-21(30-20-8-6-5-7-9-20)14-18(25)16-29-19-12-10-17(11-13-19)22(26)28-4/h17-21H,5-16H2,1-4H3/t17?,18-,19?,21-/m0/s1. The molecule has 1 heterocycles. The first-order chi connectivity index (χ1) is 14.7. The Morgan fingerprint density at radius 3 is 2.19 bits per heavy atom. The van der Waals surface area contributed by atoms with Gasteiger partial charge in [-0.15, -0.1) is 0 Å². The lowest BCUT2D eigenvalue weighted by atomic mass is 9.87. The molecule has 0 aromatic heterocycles. The highest BCUT2D eigenvalue weighted by Gasteiger charge is 2.40. The summed E-state index contributed by atoms with van der Waals surface area (Å²) in [7, 11) is 1.45. The Kier molecular flexibility index (Phi) is 8.62. The molecule has 0 N–H and O–H groups in total. The third kappa shape index (κ3) is 7.35. The van der Waals surface area contributed by atoms with Gasteiger partial charge in [-0.2, -0.15) is 0 Å². The monoisotopic (exact) mass is 439 g/mol. The molecule has 0 spiro atoms. The van der Waals surface area contributed by atoms with Gasteiger partial charge in [-0.25, -0.2) is 4.79 Å². The number of esters is 1. The summed E-state index contributed by atoms with van der Waals surface area (Å²) in [5.74, 6) is -0.129. The molecule has 2 aliphatic carbocycles. The maximum absolute atomic E-state index is 12.9. The second-order valence-corrected chi connectivity index (χ2v) is 10.4. The Bertz CT molecular complexity index is 589. The van der Waals surface area contributed by atoms with Crippen molar-refractivity contribution in [3.8, 4) is 0 Å². The van der Waals surface area contributed by atoms with Crippen molar-refractivity contribution >= 4 is 12.1 Å². The molecule has 0 aromatic rings. The normalized spacial score (nSPS) is 30.3. The highest BCUT2D eigenvalue weighted by Crippen LogP contribution is 2.31. The topological polar surface area (TPSA) is 74.3 Å². The van der Waals surface area contributed by atoms with Gasteiger partial charge in [0, 0.05) is 0 Å². The number of hydrogen-bond donors (Lipinski definition) is 0. The summed E-state index contributed by atoms with van der Waals surface area (Å²) >= 11 is 0. The molecular weight excluding hydrogens is 398 g/mol. The fraction of sp³-hybridized carbons (Fsp3) is 0.917. The molecule has 2 saturated carbocycles. The van der Waals surface area contributed by atoms with Gasteiger partial charge in [-0.3, -0.25) is 4.79 Å². The number of nitrogens with zero attached hydrogens (tertiary/aromatic N) is 1. The van der Waals surface area contributed by atoms with Crippen LogP contribution in [-0.4, -0.2) is 67.2 Å². The highest BCUT2D eigenvalue weighted by atomic mass is 16.6. The predicted molar refractivity (Wildman–Crippen MR) is 117 cm³/mol. The van der Waals surface area contributed by atoms with E-state index in [9.17, 15) is 9.59 Å². The van der Waals surface area contributed by atoms with Crippen LogP contribution in [0, 0.1) is 5.92 Å². The highest BCUT2D eigenvalue weighted by molar-refractivity contribution is 5.72. The van der Waals surface area contributed by atoms with Crippen LogP contribution in [0.15, 0.2) is 0 Å². The van der Waals surface area contributed by atoms with E-state index in [1.54, 1.807) is 4.90 Å². The van der Waals surface area contributed by atoms with Gasteiger partial charge in [0.25, 0.3) is 0 Å². The first-order valence-electron chi connectivity index (χ1n) is 12.1. The Hall–Kier alpha value is -1.34. The number of rotatable bonds is 6. The summed E-state index contributed by atoms with van der Waals surface area (Å²) in [6.07, 6.45) is 10.3.